The molecule has 1 aromatic rings. The van der Waals surface area contributed by atoms with Crippen LogP contribution in [0.4, 0.5) is 0 Å². The van der Waals surface area contributed by atoms with Crippen molar-refractivity contribution in [3.8, 4) is 0 Å². The molecule has 1 rings (SSSR count). The largest absolute Gasteiger partial charge is 0.371 e. The molecule has 86 valence electrons. The fourth-order valence-electron chi connectivity index (χ4n) is 1.40. The van der Waals surface area contributed by atoms with Crippen molar-refractivity contribution in [2.45, 2.75) is 39.2 Å². The molecular formula is C11H18ClNOS. The van der Waals surface area contributed by atoms with Gasteiger partial charge in [-0.1, -0.05) is 6.92 Å². The van der Waals surface area contributed by atoms with Crippen LogP contribution in [0.1, 0.15) is 43.5 Å². The van der Waals surface area contributed by atoms with Gasteiger partial charge in [0.1, 0.15) is 11.1 Å². The smallest absolute Gasteiger partial charge is 0.122 e. The third-order valence-electron chi connectivity index (χ3n) is 2.15. The number of rotatable bonds is 7. The monoisotopic (exact) mass is 247 g/mol. The minimum absolute atomic E-state index is 0.171. The zero-order valence-corrected chi connectivity index (χ0v) is 10.9. The van der Waals surface area contributed by atoms with E-state index in [0.29, 0.717) is 5.88 Å². The fraction of sp³-hybridized carbons (Fsp3) is 0.727. The van der Waals surface area contributed by atoms with Gasteiger partial charge in [0.05, 0.1) is 5.69 Å². The van der Waals surface area contributed by atoms with Crippen LogP contribution in [0.5, 0.6) is 0 Å². The summed E-state index contributed by atoms with van der Waals surface area (Å²) in [7, 11) is 0. The summed E-state index contributed by atoms with van der Waals surface area (Å²) in [5, 5.41) is 3.22. The summed E-state index contributed by atoms with van der Waals surface area (Å²) in [6.07, 6.45) is 3.12. The summed E-state index contributed by atoms with van der Waals surface area (Å²) in [5.74, 6) is 0.704. The number of aromatic nitrogens is 1. The van der Waals surface area contributed by atoms with Crippen LogP contribution in [0.3, 0.4) is 0 Å². The van der Waals surface area contributed by atoms with E-state index in [1.54, 1.807) is 11.3 Å². The van der Waals surface area contributed by atoms with E-state index >= 15 is 0 Å². The van der Waals surface area contributed by atoms with Crippen LogP contribution in [-0.4, -0.2) is 17.5 Å². The van der Waals surface area contributed by atoms with E-state index in [4.69, 9.17) is 16.3 Å². The van der Waals surface area contributed by atoms with Gasteiger partial charge in [-0.05, 0) is 26.2 Å². The van der Waals surface area contributed by atoms with Crippen molar-refractivity contribution in [2.24, 2.45) is 0 Å². The Hall–Kier alpha value is -0.120. The van der Waals surface area contributed by atoms with Gasteiger partial charge in [-0.2, -0.15) is 0 Å². The number of hydrogen-bond acceptors (Lipinski definition) is 3. The molecule has 0 aliphatic heterocycles. The van der Waals surface area contributed by atoms with Crippen molar-refractivity contribution in [2.75, 3.05) is 12.5 Å². The Labute approximate surface area is 101 Å². The third kappa shape index (κ3) is 4.09. The van der Waals surface area contributed by atoms with Crippen molar-refractivity contribution in [3.63, 3.8) is 0 Å². The normalized spacial score (nSPS) is 13.0. The highest BCUT2D eigenvalue weighted by atomic mass is 35.5. The topological polar surface area (TPSA) is 22.1 Å². The molecular weight excluding hydrogens is 230 g/mol. The maximum atomic E-state index is 5.65. The molecule has 1 atom stereocenters. The van der Waals surface area contributed by atoms with E-state index in [0.717, 1.165) is 36.6 Å². The summed E-state index contributed by atoms with van der Waals surface area (Å²) >= 11 is 7.34. The number of alkyl halides is 1. The Bertz CT molecular complexity index is 277. The van der Waals surface area contributed by atoms with Crippen LogP contribution < -0.4 is 0 Å². The van der Waals surface area contributed by atoms with Gasteiger partial charge >= 0.3 is 0 Å². The standard InChI is InChI=1S/C11H18ClNOS/c1-3-10(14-4-2)11-13-9(8-15-11)6-5-7-12/h8,10H,3-7H2,1-2H3. The van der Waals surface area contributed by atoms with Crippen LogP contribution in [0.25, 0.3) is 0 Å². The SMILES string of the molecule is CCOC(CC)c1nc(CCCCl)cs1. The Kier molecular flexibility index (Phi) is 6.22. The van der Waals surface area contributed by atoms with Crippen LogP contribution in [0.2, 0.25) is 0 Å². The molecule has 15 heavy (non-hydrogen) atoms. The average molecular weight is 248 g/mol. The second-order valence-electron chi connectivity index (χ2n) is 3.32. The molecule has 1 unspecified atom stereocenters. The second-order valence-corrected chi connectivity index (χ2v) is 4.59. The van der Waals surface area contributed by atoms with Gasteiger partial charge in [0.15, 0.2) is 0 Å². The van der Waals surface area contributed by atoms with Gasteiger partial charge in [-0.15, -0.1) is 22.9 Å². The first-order valence-electron chi connectivity index (χ1n) is 5.43. The van der Waals surface area contributed by atoms with Crippen molar-refractivity contribution in [3.05, 3.63) is 16.1 Å². The molecule has 0 aliphatic rings. The summed E-state index contributed by atoms with van der Waals surface area (Å²) < 4.78 is 5.62. The molecule has 1 aromatic heterocycles. The summed E-state index contributed by atoms with van der Waals surface area (Å²) in [5.41, 5.74) is 1.15. The van der Waals surface area contributed by atoms with E-state index in [1.165, 1.54) is 0 Å². The number of nitrogens with zero attached hydrogens (tertiary/aromatic N) is 1. The molecule has 0 aliphatic carbocycles. The van der Waals surface area contributed by atoms with Crippen LogP contribution in [0.15, 0.2) is 5.38 Å². The van der Waals surface area contributed by atoms with Gasteiger partial charge in [0, 0.05) is 17.9 Å². The number of thiazole rings is 1. The van der Waals surface area contributed by atoms with Crippen LogP contribution in [-0.2, 0) is 11.2 Å². The molecule has 0 saturated carbocycles. The highest BCUT2D eigenvalue weighted by molar-refractivity contribution is 7.09. The lowest BCUT2D eigenvalue weighted by Gasteiger charge is -2.11. The fourth-order valence-corrected chi connectivity index (χ4v) is 2.52. The lowest BCUT2D eigenvalue weighted by Crippen LogP contribution is -2.02. The number of aryl methyl sites for hydroxylation is 1. The van der Waals surface area contributed by atoms with Crippen molar-refractivity contribution < 1.29 is 4.74 Å². The maximum Gasteiger partial charge on any atom is 0.122 e. The minimum atomic E-state index is 0.171. The zero-order valence-electron chi connectivity index (χ0n) is 9.33. The molecule has 0 spiro atoms. The van der Waals surface area contributed by atoms with E-state index < -0.39 is 0 Å². The first-order valence-corrected chi connectivity index (χ1v) is 6.85. The maximum absolute atomic E-state index is 5.65. The van der Waals surface area contributed by atoms with Crippen molar-refractivity contribution in [1.82, 2.24) is 4.98 Å². The predicted molar refractivity (Wildman–Crippen MR) is 65.8 cm³/mol. The Morgan fingerprint density at radius 2 is 2.33 bits per heavy atom. The minimum Gasteiger partial charge on any atom is -0.371 e. The molecule has 2 nitrogen and oxygen atoms in total. The molecule has 0 saturated heterocycles. The molecule has 4 heteroatoms. The van der Waals surface area contributed by atoms with Gasteiger partial charge in [0.2, 0.25) is 0 Å². The second kappa shape index (κ2) is 7.20. The zero-order chi connectivity index (χ0) is 11.1. The van der Waals surface area contributed by atoms with Crippen LogP contribution in [0, 0.1) is 0 Å². The van der Waals surface area contributed by atoms with E-state index in [-0.39, 0.29) is 6.10 Å². The molecule has 0 fully saturated rings. The summed E-state index contributed by atoms with van der Waals surface area (Å²) in [4.78, 5) is 4.57. The number of halogens is 1. The molecule has 1 heterocycles. The predicted octanol–water partition coefficient (Wildman–Crippen LogP) is 3.80. The summed E-state index contributed by atoms with van der Waals surface area (Å²) in [6, 6.07) is 0. The van der Waals surface area contributed by atoms with E-state index in [9.17, 15) is 0 Å². The van der Waals surface area contributed by atoms with Crippen molar-refractivity contribution >= 4 is 22.9 Å². The van der Waals surface area contributed by atoms with Crippen LogP contribution >= 0.6 is 22.9 Å². The quantitative estimate of drug-likeness (QED) is 0.684. The first kappa shape index (κ1) is 12.9. The number of ether oxygens (including phenoxy) is 1. The molecule has 0 radical (unpaired) electrons. The molecule has 0 bridgehead atoms. The molecule has 0 N–H and O–H groups in total. The highest BCUT2D eigenvalue weighted by Gasteiger charge is 2.13. The van der Waals surface area contributed by atoms with E-state index in [1.807, 2.05) is 6.92 Å². The Morgan fingerprint density at radius 1 is 1.53 bits per heavy atom. The lowest BCUT2D eigenvalue weighted by atomic mass is 10.2. The van der Waals surface area contributed by atoms with Gasteiger partial charge in [0.25, 0.3) is 0 Å². The lowest BCUT2D eigenvalue weighted by molar-refractivity contribution is 0.0595. The average Bonchev–Trinajstić information content (AvgIpc) is 2.71. The Morgan fingerprint density at radius 3 is 2.93 bits per heavy atom. The first-order chi connectivity index (χ1) is 7.31. The number of hydrogen-bond donors (Lipinski definition) is 0. The van der Waals surface area contributed by atoms with Gasteiger partial charge in [-0.25, -0.2) is 4.98 Å². The molecule has 0 amide bonds. The van der Waals surface area contributed by atoms with E-state index in [2.05, 4.69) is 17.3 Å². The van der Waals surface area contributed by atoms with Gasteiger partial charge < -0.3 is 4.74 Å². The summed E-state index contributed by atoms with van der Waals surface area (Å²) in [6.45, 7) is 4.89. The Balaban J connectivity index is 2.56. The van der Waals surface area contributed by atoms with Gasteiger partial charge in [-0.3, -0.25) is 0 Å². The third-order valence-corrected chi connectivity index (χ3v) is 3.40. The molecule has 0 aromatic carbocycles. The highest BCUT2D eigenvalue weighted by Crippen LogP contribution is 2.24. The van der Waals surface area contributed by atoms with Crippen molar-refractivity contribution in [1.29, 1.82) is 0 Å².